The lowest BCUT2D eigenvalue weighted by Gasteiger charge is -2.27. The van der Waals surface area contributed by atoms with Gasteiger partial charge < -0.3 is 9.88 Å². The standard InChI is InChI=1S/C27H25F3N10/c1-15-10-31-26(34-18-7-8-22-32-14-33-39(22)13-18)35-23(15)17-9-21-24-36-37-25(40(24)16(2)11-38(21)12-17)27(29,30)19-5-3-4-6-20(19)28/h3-6,9-10,12,14,16,18H,7-8,11,13H2,1-2H3,(H,31,34,35)/t16-,18?/m0/s1. The zero-order valence-electron chi connectivity index (χ0n) is 21.8. The fourth-order valence-corrected chi connectivity index (χ4v) is 5.62. The number of benzene rings is 1. The van der Waals surface area contributed by atoms with E-state index in [1.165, 1.54) is 16.7 Å². The topological polar surface area (TPSA) is 104 Å². The van der Waals surface area contributed by atoms with Crippen LogP contribution in [0.3, 0.4) is 0 Å². The number of aromatic nitrogens is 9. The maximum Gasteiger partial charge on any atom is 0.334 e. The summed E-state index contributed by atoms with van der Waals surface area (Å²) < 4.78 is 50.7. The third-order valence-electron chi connectivity index (χ3n) is 7.60. The highest BCUT2D eigenvalue weighted by Crippen LogP contribution is 2.42. The molecule has 40 heavy (non-hydrogen) atoms. The van der Waals surface area contributed by atoms with Crippen molar-refractivity contribution in [2.24, 2.45) is 0 Å². The molecule has 0 fully saturated rings. The van der Waals surface area contributed by atoms with Crippen LogP contribution < -0.4 is 5.32 Å². The first-order valence-corrected chi connectivity index (χ1v) is 13.1. The molecule has 0 amide bonds. The van der Waals surface area contributed by atoms with Gasteiger partial charge in [0.15, 0.2) is 5.82 Å². The number of halogens is 3. The summed E-state index contributed by atoms with van der Waals surface area (Å²) in [6.07, 6.45) is 6.99. The van der Waals surface area contributed by atoms with Crippen molar-refractivity contribution in [3.05, 3.63) is 77.6 Å². The Bertz CT molecular complexity index is 1740. The zero-order chi connectivity index (χ0) is 27.6. The fraction of sp³-hybridized carbons (Fsp3) is 0.333. The van der Waals surface area contributed by atoms with E-state index in [-0.39, 0.29) is 12.1 Å². The quantitative estimate of drug-likeness (QED) is 0.349. The van der Waals surface area contributed by atoms with Gasteiger partial charge in [0.25, 0.3) is 0 Å². The highest BCUT2D eigenvalue weighted by molar-refractivity contribution is 5.70. The molecule has 0 saturated carbocycles. The Morgan fingerprint density at radius 3 is 2.80 bits per heavy atom. The number of alkyl halides is 2. The van der Waals surface area contributed by atoms with Crippen molar-refractivity contribution >= 4 is 5.95 Å². The molecule has 5 aromatic rings. The van der Waals surface area contributed by atoms with Crippen molar-refractivity contribution in [1.29, 1.82) is 0 Å². The molecule has 0 aliphatic carbocycles. The molecule has 7 rings (SSSR count). The third kappa shape index (κ3) is 3.87. The predicted molar refractivity (Wildman–Crippen MR) is 139 cm³/mol. The van der Waals surface area contributed by atoms with Gasteiger partial charge in [-0.2, -0.15) is 13.9 Å². The summed E-state index contributed by atoms with van der Waals surface area (Å²) in [4.78, 5) is 13.6. The van der Waals surface area contributed by atoms with E-state index in [1.54, 1.807) is 12.5 Å². The van der Waals surface area contributed by atoms with Gasteiger partial charge in [-0.05, 0) is 44.0 Å². The number of hydrogen-bond acceptors (Lipinski definition) is 7. The van der Waals surface area contributed by atoms with E-state index in [2.05, 4.69) is 30.6 Å². The minimum Gasteiger partial charge on any atom is -0.350 e. The van der Waals surface area contributed by atoms with Crippen molar-refractivity contribution in [3.8, 4) is 22.8 Å². The first kappa shape index (κ1) is 24.5. The van der Waals surface area contributed by atoms with Crippen LogP contribution in [0.15, 0.2) is 49.1 Å². The van der Waals surface area contributed by atoms with Crippen LogP contribution >= 0.6 is 0 Å². The van der Waals surface area contributed by atoms with E-state index in [0.717, 1.165) is 47.6 Å². The minimum atomic E-state index is -3.65. The Balaban J connectivity index is 1.22. The zero-order valence-corrected chi connectivity index (χ0v) is 21.8. The van der Waals surface area contributed by atoms with Crippen LogP contribution in [-0.4, -0.2) is 50.1 Å². The lowest BCUT2D eigenvalue weighted by Crippen LogP contribution is -2.32. The number of nitrogens with one attached hydrogen (secondary N) is 1. The van der Waals surface area contributed by atoms with Gasteiger partial charge in [-0.3, -0.25) is 4.57 Å². The molecule has 204 valence electrons. The van der Waals surface area contributed by atoms with Crippen LogP contribution in [0, 0.1) is 12.7 Å². The smallest absolute Gasteiger partial charge is 0.334 e. The van der Waals surface area contributed by atoms with Crippen molar-refractivity contribution in [3.63, 3.8) is 0 Å². The lowest BCUT2D eigenvalue weighted by molar-refractivity contribution is 0.0231. The summed E-state index contributed by atoms with van der Waals surface area (Å²) in [5, 5.41) is 15.7. The number of aryl methyl sites for hydroxylation is 2. The van der Waals surface area contributed by atoms with Crippen molar-refractivity contribution in [1.82, 2.24) is 44.1 Å². The Hall–Kier alpha value is -4.55. The fourth-order valence-electron chi connectivity index (χ4n) is 5.62. The van der Waals surface area contributed by atoms with Crippen LogP contribution in [-0.2, 0) is 25.4 Å². The van der Waals surface area contributed by atoms with E-state index < -0.39 is 23.1 Å². The van der Waals surface area contributed by atoms with Gasteiger partial charge in [-0.1, -0.05) is 12.1 Å². The normalized spacial score (nSPS) is 18.2. The van der Waals surface area contributed by atoms with E-state index in [0.29, 0.717) is 30.6 Å². The van der Waals surface area contributed by atoms with Crippen LogP contribution in [0.25, 0.3) is 22.8 Å². The predicted octanol–water partition coefficient (Wildman–Crippen LogP) is 4.38. The van der Waals surface area contributed by atoms with Crippen LogP contribution in [0.4, 0.5) is 19.1 Å². The van der Waals surface area contributed by atoms with E-state index in [4.69, 9.17) is 4.98 Å². The molecule has 13 heteroatoms. The first-order chi connectivity index (χ1) is 19.3. The largest absolute Gasteiger partial charge is 0.350 e. The minimum absolute atomic E-state index is 0.112. The maximum absolute atomic E-state index is 15.5. The molecule has 2 aliphatic rings. The molecule has 0 radical (unpaired) electrons. The third-order valence-corrected chi connectivity index (χ3v) is 7.60. The van der Waals surface area contributed by atoms with Gasteiger partial charge >= 0.3 is 5.92 Å². The molecule has 0 bridgehead atoms. The molecule has 1 aromatic carbocycles. The molecule has 0 spiro atoms. The molecule has 10 nitrogen and oxygen atoms in total. The van der Waals surface area contributed by atoms with Gasteiger partial charge in [0, 0.05) is 37.0 Å². The number of nitrogens with zero attached hydrogens (tertiary/aromatic N) is 9. The molecular weight excluding hydrogens is 521 g/mol. The summed E-state index contributed by atoms with van der Waals surface area (Å²) in [7, 11) is 0. The molecular formula is C27H25F3N10. The summed E-state index contributed by atoms with van der Waals surface area (Å²) in [5.74, 6) is -3.45. The second kappa shape index (κ2) is 9.00. The SMILES string of the molecule is Cc1cnc(NC2CCc3ncnn3C2)nc1-c1cc2n(c1)C[C@H](C)n1c-2nnc1C(F)(F)c1ccccc1F. The van der Waals surface area contributed by atoms with Gasteiger partial charge in [0.1, 0.15) is 18.0 Å². The molecule has 1 N–H and O–H groups in total. The average Bonchev–Trinajstić information content (AvgIpc) is 3.68. The van der Waals surface area contributed by atoms with Crippen LogP contribution in [0.5, 0.6) is 0 Å². The second-order valence-corrected chi connectivity index (χ2v) is 10.4. The molecule has 1 unspecified atom stereocenters. The van der Waals surface area contributed by atoms with Gasteiger partial charge in [0.2, 0.25) is 11.8 Å². The van der Waals surface area contributed by atoms with Crippen molar-refractivity contribution < 1.29 is 13.2 Å². The van der Waals surface area contributed by atoms with Gasteiger partial charge in [-0.15, -0.1) is 10.2 Å². The van der Waals surface area contributed by atoms with E-state index in [9.17, 15) is 4.39 Å². The second-order valence-electron chi connectivity index (χ2n) is 10.4. The van der Waals surface area contributed by atoms with Gasteiger partial charge in [-0.25, -0.2) is 24.0 Å². The first-order valence-electron chi connectivity index (χ1n) is 13.1. The summed E-state index contributed by atoms with van der Waals surface area (Å²) in [6.45, 7) is 4.84. The van der Waals surface area contributed by atoms with Crippen molar-refractivity contribution in [2.45, 2.75) is 57.8 Å². The molecule has 0 saturated heterocycles. The molecule has 2 aliphatic heterocycles. The Kier molecular flexibility index (Phi) is 5.51. The Labute approximate surface area is 226 Å². The van der Waals surface area contributed by atoms with E-state index in [1.807, 2.05) is 35.4 Å². The average molecular weight is 547 g/mol. The number of rotatable bonds is 5. The molecule has 2 atom stereocenters. The Morgan fingerprint density at radius 1 is 1.10 bits per heavy atom. The van der Waals surface area contributed by atoms with Crippen molar-refractivity contribution in [2.75, 3.05) is 5.32 Å². The summed E-state index contributed by atoms with van der Waals surface area (Å²) in [5.41, 5.74) is 2.32. The van der Waals surface area contributed by atoms with Gasteiger partial charge in [0.05, 0.1) is 29.5 Å². The highest BCUT2D eigenvalue weighted by atomic mass is 19.3. The van der Waals surface area contributed by atoms with Crippen LogP contribution in [0.1, 0.15) is 42.2 Å². The molecule has 4 aromatic heterocycles. The van der Waals surface area contributed by atoms with E-state index >= 15 is 8.78 Å². The number of fused-ring (bicyclic) bond motifs is 4. The lowest BCUT2D eigenvalue weighted by atomic mass is 10.1. The maximum atomic E-state index is 15.5. The number of hydrogen-bond donors (Lipinski definition) is 1. The summed E-state index contributed by atoms with van der Waals surface area (Å²) >= 11 is 0. The summed E-state index contributed by atoms with van der Waals surface area (Å²) in [6, 6.07) is 6.45. The monoisotopic (exact) mass is 546 g/mol. The van der Waals surface area contributed by atoms with Crippen LogP contribution in [0.2, 0.25) is 0 Å². The molecule has 6 heterocycles. The highest BCUT2D eigenvalue weighted by Gasteiger charge is 2.44. The Morgan fingerprint density at radius 2 is 1.95 bits per heavy atom. The number of anilines is 1.